The Bertz CT molecular complexity index is 1040. The summed E-state index contributed by atoms with van der Waals surface area (Å²) in [6, 6.07) is 7.87. The number of halogens is 3. The largest absolute Gasteiger partial charge is 0.449 e. The van der Waals surface area contributed by atoms with Gasteiger partial charge in [-0.2, -0.15) is 0 Å². The minimum Gasteiger partial charge on any atom is -0.449 e. The van der Waals surface area contributed by atoms with Crippen molar-refractivity contribution in [2.45, 2.75) is 13.0 Å². The van der Waals surface area contributed by atoms with Crippen molar-refractivity contribution in [2.75, 3.05) is 5.32 Å². The van der Waals surface area contributed by atoms with E-state index >= 15 is 0 Å². The van der Waals surface area contributed by atoms with E-state index in [1.54, 1.807) is 23.6 Å². The topological polar surface area (TPSA) is 81.2 Å². The average Bonchev–Trinajstić information content (AvgIpc) is 3.09. The van der Waals surface area contributed by atoms with Crippen LogP contribution in [0.1, 0.15) is 17.3 Å². The number of amides is 1. The number of hydrogen-bond acceptors (Lipinski definition) is 6. The molecule has 0 fully saturated rings. The van der Waals surface area contributed by atoms with Crippen LogP contribution >= 0.6 is 46.1 Å². The molecule has 10 heteroatoms. The summed E-state index contributed by atoms with van der Waals surface area (Å²) in [5, 5.41) is 5.84. The molecule has 2 aromatic heterocycles. The number of anilines is 1. The summed E-state index contributed by atoms with van der Waals surface area (Å²) in [6.45, 7) is 1.46. The first kappa shape index (κ1) is 20.5. The Labute approximate surface area is 179 Å². The standard InChI is InChI=1S/C18H12Cl3N3O3S/c1-9(27-17(26)10-4-5-22-15(21)6-10)16(25)24-18-23-14(8-28-18)12-3-2-11(19)7-13(12)20/h2-9H,1H3,(H,23,24,25). The predicted molar refractivity (Wildman–Crippen MR) is 110 cm³/mol. The van der Waals surface area contributed by atoms with Crippen molar-refractivity contribution in [1.82, 2.24) is 9.97 Å². The summed E-state index contributed by atoms with van der Waals surface area (Å²) in [5.41, 5.74) is 1.49. The van der Waals surface area contributed by atoms with Gasteiger partial charge in [-0.1, -0.05) is 34.8 Å². The van der Waals surface area contributed by atoms with Gasteiger partial charge in [0.15, 0.2) is 11.2 Å². The van der Waals surface area contributed by atoms with E-state index in [9.17, 15) is 9.59 Å². The number of rotatable bonds is 5. The lowest BCUT2D eigenvalue weighted by atomic mass is 10.2. The first-order chi connectivity index (χ1) is 13.3. The second kappa shape index (κ2) is 8.87. The van der Waals surface area contributed by atoms with Crippen molar-refractivity contribution in [3.63, 3.8) is 0 Å². The van der Waals surface area contributed by atoms with Crippen LogP contribution < -0.4 is 5.32 Å². The van der Waals surface area contributed by atoms with Gasteiger partial charge in [-0.05, 0) is 37.3 Å². The van der Waals surface area contributed by atoms with Gasteiger partial charge in [-0.15, -0.1) is 11.3 Å². The lowest BCUT2D eigenvalue weighted by Crippen LogP contribution is -2.30. The van der Waals surface area contributed by atoms with Crippen LogP contribution in [0.2, 0.25) is 15.2 Å². The molecule has 0 aliphatic heterocycles. The maximum absolute atomic E-state index is 12.3. The summed E-state index contributed by atoms with van der Waals surface area (Å²) in [5.74, 6) is -1.20. The van der Waals surface area contributed by atoms with Gasteiger partial charge in [0, 0.05) is 22.2 Å². The Morgan fingerprint density at radius 3 is 2.68 bits per heavy atom. The highest BCUT2D eigenvalue weighted by molar-refractivity contribution is 7.14. The van der Waals surface area contributed by atoms with Gasteiger partial charge in [0.1, 0.15) is 5.15 Å². The Kier molecular flexibility index (Phi) is 6.51. The maximum Gasteiger partial charge on any atom is 0.339 e. The SMILES string of the molecule is CC(OC(=O)c1ccnc(Cl)c1)C(=O)Nc1nc(-c2ccc(Cl)cc2Cl)cs1. The molecular weight excluding hydrogens is 445 g/mol. The molecular formula is C18H12Cl3N3O3S. The zero-order chi connectivity index (χ0) is 20.3. The highest BCUT2D eigenvalue weighted by atomic mass is 35.5. The molecule has 0 spiro atoms. The number of carbonyl (C=O) groups excluding carboxylic acids is 2. The van der Waals surface area contributed by atoms with Crippen molar-refractivity contribution in [2.24, 2.45) is 0 Å². The van der Waals surface area contributed by atoms with Gasteiger partial charge >= 0.3 is 5.97 Å². The number of nitrogens with zero attached hydrogens (tertiary/aromatic N) is 2. The number of nitrogens with one attached hydrogen (secondary N) is 1. The number of ether oxygens (including phenoxy) is 1. The molecule has 3 rings (SSSR count). The lowest BCUT2D eigenvalue weighted by Gasteiger charge is -2.12. The van der Waals surface area contributed by atoms with E-state index in [4.69, 9.17) is 39.5 Å². The molecule has 1 atom stereocenters. The van der Waals surface area contributed by atoms with Crippen molar-refractivity contribution in [1.29, 1.82) is 0 Å². The van der Waals surface area contributed by atoms with Crippen LogP contribution in [0, 0.1) is 0 Å². The fourth-order valence-electron chi connectivity index (χ4n) is 2.17. The van der Waals surface area contributed by atoms with Crippen molar-refractivity contribution < 1.29 is 14.3 Å². The minimum absolute atomic E-state index is 0.155. The molecule has 28 heavy (non-hydrogen) atoms. The molecule has 2 heterocycles. The van der Waals surface area contributed by atoms with Crippen molar-refractivity contribution >= 4 is 63.1 Å². The van der Waals surface area contributed by atoms with Crippen LogP contribution in [0.4, 0.5) is 5.13 Å². The van der Waals surface area contributed by atoms with Crippen LogP contribution in [0.5, 0.6) is 0 Å². The van der Waals surface area contributed by atoms with Crippen LogP contribution in [0.15, 0.2) is 41.9 Å². The van der Waals surface area contributed by atoms with E-state index in [0.717, 1.165) is 0 Å². The summed E-state index contributed by atoms with van der Waals surface area (Å²) in [6.07, 6.45) is 0.341. The Morgan fingerprint density at radius 1 is 1.18 bits per heavy atom. The van der Waals surface area contributed by atoms with Crippen LogP contribution in [-0.4, -0.2) is 27.9 Å². The third-order valence-corrected chi connectivity index (χ3v) is 5.07. The molecule has 0 radical (unpaired) electrons. The molecule has 0 bridgehead atoms. The Hall–Kier alpha value is -2.19. The number of benzene rings is 1. The molecule has 1 N–H and O–H groups in total. The van der Waals surface area contributed by atoms with Crippen LogP contribution in [-0.2, 0) is 9.53 Å². The summed E-state index contributed by atoms with van der Waals surface area (Å²) >= 11 is 19.0. The van der Waals surface area contributed by atoms with E-state index in [0.29, 0.717) is 26.4 Å². The Balaban J connectivity index is 1.64. The number of pyridine rings is 1. The molecule has 0 saturated carbocycles. The van der Waals surface area contributed by atoms with E-state index in [1.807, 2.05) is 0 Å². The third kappa shape index (κ3) is 4.99. The van der Waals surface area contributed by atoms with Gasteiger partial charge in [-0.3, -0.25) is 10.1 Å². The average molecular weight is 457 g/mol. The van der Waals surface area contributed by atoms with Crippen LogP contribution in [0.3, 0.4) is 0 Å². The van der Waals surface area contributed by atoms with E-state index in [-0.39, 0.29) is 10.7 Å². The quantitative estimate of drug-likeness (QED) is 0.413. The van der Waals surface area contributed by atoms with Gasteiger partial charge in [0.2, 0.25) is 0 Å². The normalized spacial score (nSPS) is 11.7. The second-order valence-electron chi connectivity index (χ2n) is 5.57. The summed E-state index contributed by atoms with van der Waals surface area (Å²) in [4.78, 5) is 32.5. The molecule has 0 aliphatic carbocycles. The number of carbonyl (C=O) groups is 2. The van der Waals surface area contributed by atoms with Gasteiger partial charge in [-0.25, -0.2) is 14.8 Å². The summed E-state index contributed by atoms with van der Waals surface area (Å²) in [7, 11) is 0. The predicted octanol–water partition coefficient (Wildman–Crippen LogP) is 5.35. The molecule has 1 amide bonds. The number of aromatic nitrogens is 2. The monoisotopic (exact) mass is 455 g/mol. The molecule has 0 saturated heterocycles. The highest BCUT2D eigenvalue weighted by Crippen LogP contribution is 2.32. The lowest BCUT2D eigenvalue weighted by molar-refractivity contribution is -0.123. The molecule has 1 unspecified atom stereocenters. The molecule has 144 valence electrons. The molecule has 3 aromatic rings. The third-order valence-electron chi connectivity index (χ3n) is 3.56. The Morgan fingerprint density at radius 2 is 1.96 bits per heavy atom. The minimum atomic E-state index is -1.04. The fourth-order valence-corrected chi connectivity index (χ4v) is 3.56. The fraction of sp³-hybridized carbons (Fsp3) is 0.111. The highest BCUT2D eigenvalue weighted by Gasteiger charge is 2.20. The van der Waals surface area contributed by atoms with Crippen molar-refractivity contribution in [3.05, 3.63) is 62.7 Å². The number of esters is 1. The molecule has 0 aliphatic rings. The smallest absolute Gasteiger partial charge is 0.339 e. The van der Waals surface area contributed by atoms with E-state index in [1.165, 1.54) is 36.6 Å². The van der Waals surface area contributed by atoms with Gasteiger partial charge in [0.05, 0.1) is 16.3 Å². The van der Waals surface area contributed by atoms with Crippen molar-refractivity contribution in [3.8, 4) is 11.3 Å². The first-order valence-electron chi connectivity index (χ1n) is 7.88. The summed E-state index contributed by atoms with van der Waals surface area (Å²) < 4.78 is 5.15. The zero-order valence-corrected chi connectivity index (χ0v) is 17.4. The molecule has 1 aromatic carbocycles. The van der Waals surface area contributed by atoms with E-state index < -0.39 is 18.0 Å². The zero-order valence-electron chi connectivity index (χ0n) is 14.3. The first-order valence-corrected chi connectivity index (χ1v) is 9.89. The van der Waals surface area contributed by atoms with Gasteiger partial charge < -0.3 is 4.74 Å². The molecule has 6 nitrogen and oxygen atoms in total. The number of thiazole rings is 1. The van der Waals surface area contributed by atoms with Crippen LogP contribution in [0.25, 0.3) is 11.3 Å². The second-order valence-corrected chi connectivity index (χ2v) is 7.66. The maximum atomic E-state index is 12.3. The van der Waals surface area contributed by atoms with E-state index in [2.05, 4.69) is 15.3 Å². The number of hydrogen-bond donors (Lipinski definition) is 1. The van der Waals surface area contributed by atoms with Gasteiger partial charge in [0.25, 0.3) is 5.91 Å².